The number of phenolic OH excluding ortho intramolecular Hbond substituents is 1. The maximum atomic E-state index is 10.5. The van der Waals surface area contributed by atoms with Gasteiger partial charge in [0.15, 0.2) is 11.5 Å². The van der Waals surface area contributed by atoms with Crippen molar-refractivity contribution in [3.63, 3.8) is 0 Å². The zero-order valence-electron chi connectivity index (χ0n) is 19.0. The zero-order chi connectivity index (χ0) is 23.6. The molecule has 2 aromatic rings. The van der Waals surface area contributed by atoms with E-state index in [2.05, 4.69) is 43.8 Å². The van der Waals surface area contributed by atoms with Crippen molar-refractivity contribution in [2.24, 2.45) is 5.92 Å². The van der Waals surface area contributed by atoms with Gasteiger partial charge in [0, 0.05) is 11.4 Å². The smallest absolute Gasteiger partial charge is 0.162 e. The molecule has 3 rings (SSSR count). The van der Waals surface area contributed by atoms with Gasteiger partial charge in [-0.3, -0.25) is 4.72 Å². The van der Waals surface area contributed by atoms with Crippen LogP contribution in [0.2, 0.25) is 0 Å². The van der Waals surface area contributed by atoms with Gasteiger partial charge in [-0.05, 0) is 79.2 Å². The number of phenols is 1. The molecule has 7 nitrogen and oxygen atoms in total. The van der Waals surface area contributed by atoms with Crippen molar-refractivity contribution >= 4 is 21.2 Å². The van der Waals surface area contributed by atoms with Crippen LogP contribution in [0, 0.1) is 5.92 Å². The summed E-state index contributed by atoms with van der Waals surface area (Å²) in [7, 11) is 2.66. The van der Waals surface area contributed by atoms with E-state index >= 15 is 0 Å². The first-order chi connectivity index (χ1) is 16.0. The maximum absolute atomic E-state index is 10.5. The first kappa shape index (κ1) is 26.2. The summed E-state index contributed by atoms with van der Waals surface area (Å²) >= 11 is 1.41. The Labute approximate surface area is 203 Å². The van der Waals surface area contributed by atoms with Crippen LogP contribution in [0.15, 0.2) is 47.4 Å². The number of hydrogen-bond donors (Lipinski definition) is 6. The van der Waals surface area contributed by atoms with E-state index in [1.165, 1.54) is 23.1 Å². The van der Waals surface area contributed by atoms with Gasteiger partial charge in [-0.25, -0.2) is 5.48 Å². The Kier molecular flexibility index (Phi) is 10.7. The van der Waals surface area contributed by atoms with E-state index in [0.29, 0.717) is 25.3 Å². The minimum atomic E-state index is -0.480. The second-order valence-electron chi connectivity index (χ2n) is 8.59. The normalized spacial score (nSPS) is 19.3. The van der Waals surface area contributed by atoms with Crippen molar-refractivity contribution in [2.45, 2.75) is 49.3 Å². The Hall–Kier alpha value is -1.38. The highest BCUT2D eigenvalue weighted by molar-refractivity contribution is 7.97. The van der Waals surface area contributed by atoms with E-state index in [1.54, 1.807) is 12.1 Å². The van der Waals surface area contributed by atoms with Gasteiger partial charge < -0.3 is 25.5 Å². The number of aromatic hydroxyl groups is 1. The van der Waals surface area contributed by atoms with E-state index in [9.17, 15) is 15.4 Å². The maximum Gasteiger partial charge on any atom is 0.162 e. The molecule has 5 atom stereocenters. The van der Waals surface area contributed by atoms with Gasteiger partial charge >= 0.3 is 0 Å². The number of aliphatic hydroxyl groups is 1. The molecule has 1 aliphatic rings. The SMILES string of the molecule is CC(CNC1c2ccccc2CC1NO)CC(O)CNSc1ccc(O)c(OCCCP)c1. The summed E-state index contributed by atoms with van der Waals surface area (Å²) in [5, 5.41) is 33.5. The first-order valence-electron chi connectivity index (χ1n) is 11.5. The van der Waals surface area contributed by atoms with Crippen LogP contribution >= 0.6 is 21.2 Å². The van der Waals surface area contributed by atoms with Gasteiger partial charge in [0.2, 0.25) is 0 Å². The van der Waals surface area contributed by atoms with Crippen LogP contribution in [-0.4, -0.2) is 53.4 Å². The molecule has 0 bridgehead atoms. The molecule has 0 saturated heterocycles. The highest BCUT2D eigenvalue weighted by atomic mass is 32.2. The van der Waals surface area contributed by atoms with Gasteiger partial charge in [-0.15, -0.1) is 9.24 Å². The van der Waals surface area contributed by atoms with Crippen LogP contribution in [0.3, 0.4) is 0 Å². The quantitative estimate of drug-likeness (QED) is 0.103. The summed E-state index contributed by atoms with van der Waals surface area (Å²) < 4.78 is 8.83. The average Bonchev–Trinajstić information content (AvgIpc) is 3.17. The molecule has 0 aliphatic heterocycles. The van der Waals surface area contributed by atoms with Crippen LogP contribution < -0.4 is 20.3 Å². The number of nitrogens with one attached hydrogen (secondary N) is 3. The Morgan fingerprint density at radius 3 is 2.82 bits per heavy atom. The Morgan fingerprint density at radius 2 is 2.03 bits per heavy atom. The van der Waals surface area contributed by atoms with Gasteiger partial charge in [-0.2, -0.15) is 0 Å². The minimum absolute atomic E-state index is 0.0439. The van der Waals surface area contributed by atoms with Crippen LogP contribution in [0.25, 0.3) is 0 Å². The molecule has 33 heavy (non-hydrogen) atoms. The van der Waals surface area contributed by atoms with Crippen LogP contribution in [0.5, 0.6) is 11.5 Å². The predicted molar refractivity (Wildman–Crippen MR) is 136 cm³/mol. The third-order valence-corrected chi connectivity index (χ3v) is 7.01. The van der Waals surface area contributed by atoms with Gasteiger partial charge in [0.25, 0.3) is 0 Å². The summed E-state index contributed by atoms with van der Waals surface area (Å²) in [5.41, 5.74) is 4.92. The molecule has 0 fully saturated rings. The lowest BCUT2D eigenvalue weighted by Crippen LogP contribution is -2.40. The van der Waals surface area contributed by atoms with E-state index in [-0.39, 0.29) is 23.8 Å². The molecule has 0 radical (unpaired) electrons. The Bertz CT molecular complexity index is 875. The summed E-state index contributed by atoms with van der Waals surface area (Å²) in [5.74, 6) is 0.877. The van der Waals surface area contributed by atoms with Gasteiger partial charge in [0.1, 0.15) is 0 Å². The molecule has 1 aliphatic carbocycles. The van der Waals surface area contributed by atoms with Crippen molar-refractivity contribution in [1.29, 1.82) is 0 Å². The summed E-state index contributed by atoms with van der Waals surface area (Å²) in [6.07, 6.45) is 2.83. The molecule has 0 amide bonds. The minimum Gasteiger partial charge on any atom is -0.504 e. The number of hydroxylamine groups is 1. The summed E-state index contributed by atoms with van der Waals surface area (Å²) in [6.45, 7) is 3.87. The number of ether oxygens (including phenoxy) is 1. The number of fused-ring (bicyclic) bond motifs is 1. The monoisotopic (exact) mass is 493 g/mol. The topological polar surface area (TPSA) is 106 Å². The first-order valence-corrected chi connectivity index (χ1v) is 13.1. The number of aliphatic hydroxyl groups excluding tert-OH is 1. The van der Waals surface area contributed by atoms with Gasteiger partial charge in [-0.1, -0.05) is 31.2 Å². The molecule has 0 aromatic heterocycles. The van der Waals surface area contributed by atoms with Crippen molar-refractivity contribution in [3.8, 4) is 11.5 Å². The fraction of sp³-hybridized carbons (Fsp3) is 0.500. The van der Waals surface area contributed by atoms with E-state index in [0.717, 1.165) is 30.4 Å². The summed E-state index contributed by atoms with van der Waals surface area (Å²) in [6, 6.07) is 13.5. The molecular weight excluding hydrogens is 457 g/mol. The third-order valence-electron chi connectivity index (χ3n) is 5.81. The fourth-order valence-corrected chi connectivity index (χ4v) is 5.00. The number of rotatable bonds is 14. The molecular formula is C24H36N3O4PS. The standard InChI is InChI=1S/C24H36N3O4PS/c1-16(14-25-24-20-6-3-2-5-17(20)12-21(24)27-30)11-18(28)15-26-33-19-7-8-22(29)23(13-19)31-9-4-10-32/h2-3,5-8,13,16,18,21,24-30H,4,9-12,14-15,32H2,1H3. The van der Waals surface area contributed by atoms with E-state index < -0.39 is 6.10 Å². The highest BCUT2D eigenvalue weighted by Crippen LogP contribution is 2.32. The van der Waals surface area contributed by atoms with Crippen LogP contribution in [0.4, 0.5) is 0 Å². The van der Waals surface area contributed by atoms with Gasteiger partial charge in [0.05, 0.1) is 24.8 Å². The van der Waals surface area contributed by atoms with Crippen molar-refractivity contribution in [3.05, 3.63) is 53.6 Å². The molecule has 2 aromatic carbocycles. The Balaban J connectivity index is 1.39. The van der Waals surface area contributed by atoms with Crippen molar-refractivity contribution < 1.29 is 20.2 Å². The third kappa shape index (κ3) is 7.82. The van der Waals surface area contributed by atoms with E-state index in [4.69, 9.17) is 4.74 Å². The lowest BCUT2D eigenvalue weighted by atomic mass is 10.0. The molecule has 6 N–H and O–H groups in total. The second kappa shape index (κ2) is 13.5. The van der Waals surface area contributed by atoms with Crippen LogP contribution in [0.1, 0.15) is 36.9 Å². The molecule has 5 unspecified atom stereocenters. The molecule has 182 valence electrons. The average molecular weight is 494 g/mol. The van der Waals surface area contributed by atoms with E-state index in [1.807, 2.05) is 18.2 Å². The fourth-order valence-electron chi connectivity index (χ4n) is 4.09. The lowest BCUT2D eigenvalue weighted by Gasteiger charge is -2.24. The predicted octanol–water partition coefficient (Wildman–Crippen LogP) is 3.25. The highest BCUT2D eigenvalue weighted by Gasteiger charge is 2.31. The van der Waals surface area contributed by atoms with Crippen molar-refractivity contribution in [1.82, 2.24) is 15.5 Å². The lowest BCUT2D eigenvalue weighted by molar-refractivity contribution is 0.109. The largest absolute Gasteiger partial charge is 0.504 e. The van der Waals surface area contributed by atoms with Crippen molar-refractivity contribution in [2.75, 3.05) is 25.9 Å². The molecule has 0 heterocycles. The van der Waals surface area contributed by atoms with Crippen LogP contribution in [-0.2, 0) is 6.42 Å². The molecule has 0 spiro atoms. The molecule has 9 heteroatoms. The second-order valence-corrected chi connectivity index (χ2v) is 10.1. The number of hydrogen-bond acceptors (Lipinski definition) is 8. The summed E-state index contributed by atoms with van der Waals surface area (Å²) in [4.78, 5) is 0.915. The Morgan fingerprint density at radius 1 is 1.21 bits per heavy atom. The zero-order valence-corrected chi connectivity index (χ0v) is 21.0. The molecule has 0 saturated carbocycles. The number of benzene rings is 2.